The van der Waals surface area contributed by atoms with Crippen molar-refractivity contribution in [2.24, 2.45) is 0 Å². The quantitative estimate of drug-likeness (QED) is 0.0328. The summed E-state index contributed by atoms with van der Waals surface area (Å²) in [5, 5.41) is 23.5. The first kappa shape index (κ1) is 52.6. The molecule has 0 aromatic rings. The standard InChI is InChI=1S/C49H87NO5/c1-4-7-10-13-16-19-21-22-23-24-25-27-30-33-36-39-42-49(54)55-45(40-37-34-31-29-26-20-17-14-11-8-5-2)43-48(53)50-46(44-51)47(52)41-38-35-32-28-18-15-12-9-6-3/h8,11,14,17,20,23-27,45-47,51-52H,4-7,9-10,12-13,15-16,18-19,21-22,28-44H2,1-3H3,(H,50,53)/b11-8+,17-14+,24-23+,26-20-,27-25+. The van der Waals surface area contributed by atoms with E-state index >= 15 is 0 Å². The van der Waals surface area contributed by atoms with Gasteiger partial charge in [-0.15, -0.1) is 0 Å². The summed E-state index contributed by atoms with van der Waals surface area (Å²) < 4.78 is 5.87. The molecule has 6 nitrogen and oxygen atoms in total. The fourth-order valence-electron chi connectivity index (χ4n) is 6.65. The monoisotopic (exact) mass is 770 g/mol. The molecule has 0 spiro atoms. The van der Waals surface area contributed by atoms with Crippen LogP contribution in [0.2, 0.25) is 0 Å². The van der Waals surface area contributed by atoms with Gasteiger partial charge in [-0.1, -0.05) is 191 Å². The van der Waals surface area contributed by atoms with Crippen LogP contribution in [0.1, 0.15) is 213 Å². The van der Waals surface area contributed by atoms with Gasteiger partial charge >= 0.3 is 5.97 Å². The van der Waals surface area contributed by atoms with E-state index in [0.717, 1.165) is 83.5 Å². The fraction of sp³-hybridized carbons (Fsp3) is 0.755. The summed E-state index contributed by atoms with van der Waals surface area (Å²) in [7, 11) is 0. The van der Waals surface area contributed by atoms with Crippen LogP contribution in [0.4, 0.5) is 0 Å². The van der Waals surface area contributed by atoms with Gasteiger partial charge in [-0.3, -0.25) is 9.59 Å². The minimum atomic E-state index is -0.800. The molecule has 0 aromatic heterocycles. The first-order valence-electron chi connectivity index (χ1n) is 23.1. The molecule has 0 heterocycles. The number of nitrogens with one attached hydrogen (secondary N) is 1. The number of carbonyl (C=O) groups excluding carboxylic acids is 2. The fourth-order valence-corrected chi connectivity index (χ4v) is 6.65. The molecule has 0 bridgehead atoms. The third-order valence-corrected chi connectivity index (χ3v) is 10.2. The zero-order valence-corrected chi connectivity index (χ0v) is 36.0. The Morgan fingerprint density at radius 3 is 1.51 bits per heavy atom. The molecule has 0 saturated carbocycles. The second kappa shape index (κ2) is 42.7. The Morgan fingerprint density at radius 2 is 0.982 bits per heavy atom. The maximum Gasteiger partial charge on any atom is 0.306 e. The van der Waals surface area contributed by atoms with E-state index in [9.17, 15) is 19.8 Å². The number of rotatable bonds is 40. The number of esters is 1. The molecule has 55 heavy (non-hydrogen) atoms. The van der Waals surface area contributed by atoms with Crippen LogP contribution in [0.3, 0.4) is 0 Å². The van der Waals surface area contributed by atoms with Crippen LogP contribution in [0.5, 0.6) is 0 Å². The van der Waals surface area contributed by atoms with E-state index in [1.807, 2.05) is 12.2 Å². The normalized spacial score (nSPS) is 13.9. The van der Waals surface area contributed by atoms with Crippen molar-refractivity contribution >= 4 is 11.9 Å². The van der Waals surface area contributed by atoms with Crippen LogP contribution < -0.4 is 5.32 Å². The van der Waals surface area contributed by atoms with Crippen molar-refractivity contribution in [3.8, 4) is 0 Å². The van der Waals surface area contributed by atoms with E-state index in [2.05, 4.69) is 74.7 Å². The zero-order valence-electron chi connectivity index (χ0n) is 36.0. The second-order valence-corrected chi connectivity index (χ2v) is 15.5. The van der Waals surface area contributed by atoms with Crippen LogP contribution in [0.15, 0.2) is 60.8 Å². The number of aliphatic hydroxyl groups is 2. The average Bonchev–Trinajstić information content (AvgIpc) is 3.18. The second-order valence-electron chi connectivity index (χ2n) is 15.5. The molecule has 0 saturated heterocycles. The number of carbonyl (C=O) groups is 2. The number of allylic oxidation sites excluding steroid dienone is 10. The van der Waals surface area contributed by atoms with Gasteiger partial charge in [0.05, 0.1) is 25.2 Å². The number of ether oxygens (including phenoxy) is 1. The van der Waals surface area contributed by atoms with Crippen molar-refractivity contribution in [3.05, 3.63) is 60.8 Å². The van der Waals surface area contributed by atoms with E-state index in [4.69, 9.17) is 4.74 Å². The van der Waals surface area contributed by atoms with Gasteiger partial charge in [-0.05, 0) is 70.6 Å². The highest BCUT2D eigenvalue weighted by Crippen LogP contribution is 2.16. The molecule has 318 valence electrons. The third kappa shape index (κ3) is 38.2. The SMILES string of the molecule is CC/C=C/C=C/C=C\CCCCCC(CC(=O)NC(CO)C(O)CCCCCCCCCCC)OC(=O)CCCCC/C=C/C=C/CCCCCCCCC. The van der Waals surface area contributed by atoms with E-state index in [0.29, 0.717) is 19.3 Å². The minimum Gasteiger partial charge on any atom is -0.462 e. The molecule has 0 aromatic carbocycles. The first-order valence-corrected chi connectivity index (χ1v) is 23.1. The predicted molar refractivity (Wildman–Crippen MR) is 236 cm³/mol. The lowest BCUT2D eigenvalue weighted by molar-refractivity contribution is -0.151. The largest absolute Gasteiger partial charge is 0.462 e. The van der Waals surface area contributed by atoms with Gasteiger partial charge in [0, 0.05) is 6.42 Å². The number of hydrogen-bond acceptors (Lipinski definition) is 5. The molecule has 0 rings (SSSR count). The summed E-state index contributed by atoms with van der Waals surface area (Å²) in [6.45, 7) is 6.29. The zero-order chi connectivity index (χ0) is 40.3. The van der Waals surface area contributed by atoms with Crippen LogP contribution >= 0.6 is 0 Å². The van der Waals surface area contributed by atoms with Crippen molar-refractivity contribution < 1.29 is 24.5 Å². The first-order chi connectivity index (χ1) is 27.0. The predicted octanol–water partition coefficient (Wildman–Crippen LogP) is 13.3. The highest BCUT2D eigenvalue weighted by molar-refractivity contribution is 5.77. The van der Waals surface area contributed by atoms with Crippen molar-refractivity contribution in [2.45, 2.75) is 232 Å². The van der Waals surface area contributed by atoms with E-state index in [1.165, 1.54) is 83.5 Å². The van der Waals surface area contributed by atoms with Gasteiger partial charge in [-0.25, -0.2) is 0 Å². The number of unbranched alkanes of at least 4 members (excludes halogenated alkanes) is 21. The molecule has 0 aliphatic rings. The van der Waals surface area contributed by atoms with Crippen molar-refractivity contribution in [3.63, 3.8) is 0 Å². The minimum absolute atomic E-state index is 0.0419. The van der Waals surface area contributed by atoms with Crippen molar-refractivity contribution in [1.29, 1.82) is 0 Å². The Kier molecular flexibility index (Phi) is 40.8. The topological polar surface area (TPSA) is 95.9 Å². The summed E-state index contributed by atoms with van der Waals surface area (Å²) >= 11 is 0. The van der Waals surface area contributed by atoms with Gasteiger partial charge in [0.15, 0.2) is 0 Å². The number of hydrogen-bond donors (Lipinski definition) is 3. The lowest BCUT2D eigenvalue weighted by Gasteiger charge is -2.24. The Hall–Kier alpha value is -2.44. The molecule has 6 heteroatoms. The molecule has 0 aliphatic carbocycles. The number of amides is 1. The Balaban J connectivity index is 4.66. The lowest BCUT2D eigenvalue weighted by Crippen LogP contribution is -2.46. The Morgan fingerprint density at radius 1 is 0.545 bits per heavy atom. The molecule has 0 radical (unpaired) electrons. The van der Waals surface area contributed by atoms with Gasteiger partial charge in [0.25, 0.3) is 0 Å². The highest BCUT2D eigenvalue weighted by atomic mass is 16.5. The maximum absolute atomic E-state index is 13.1. The van der Waals surface area contributed by atoms with Crippen LogP contribution in [0, 0.1) is 0 Å². The smallest absolute Gasteiger partial charge is 0.306 e. The lowest BCUT2D eigenvalue weighted by atomic mass is 10.0. The van der Waals surface area contributed by atoms with Gasteiger partial charge in [-0.2, -0.15) is 0 Å². The summed E-state index contributed by atoms with van der Waals surface area (Å²) in [5.41, 5.74) is 0. The van der Waals surface area contributed by atoms with E-state index in [1.54, 1.807) is 0 Å². The van der Waals surface area contributed by atoms with E-state index < -0.39 is 18.2 Å². The third-order valence-electron chi connectivity index (χ3n) is 10.2. The number of aliphatic hydroxyl groups excluding tert-OH is 2. The molecule has 3 atom stereocenters. The van der Waals surface area contributed by atoms with Crippen LogP contribution in [-0.4, -0.2) is 46.9 Å². The van der Waals surface area contributed by atoms with Crippen molar-refractivity contribution in [2.75, 3.05) is 6.61 Å². The van der Waals surface area contributed by atoms with Gasteiger partial charge in [0.1, 0.15) is 6.10 Å². The van der Waals surface area contributed by atoms with Gasteiger partial charge in [0.2, 0.25) is 5.91 Å². The Bertz CT molecular complexity index is 999. The maximum atomic E-state index is 13.1. The van der Waals surface area contributed by atoms with Crippen LogP contribution in [-0.2, 0) is 14.3 Å². The van der Waals surface area contributed by atoms with Crippen molar-refractivity contribution in [1.82, 2.24) is 5.32 Å². The molecular formula is C49H87NO5. The van der Waals surface area contributed by atoms with Crippen LogP contribution in [0.25, 0.3) is 0 Å². The molecule has 0 aliphatic heterocycles. The average molecular weight is 770 g/mol. The summed E-state index contributed by atoms with van der Waals surface area (Å²) in [5.74, 6) is -0.546. The molecular weight excluding hydrogens is 683 g/mol. The summed E-state index contributed by atoms with van der Waals surface area (Å²) in [6, 6.07) is -0.717. The molecule has 1 amide bonds. The molecule has 0 fully saturated rings. The molecule has 3 N–H and O–H groups in total. The van der Waals surface area contributed by atoms with Gasteiger partial charge < -0.3 is 20.3 Å². The summed E-state index contributed by atoms with van der Waals surface area (Å²) in [6.07, 6.45) is 51.4. The van der Waals surface area contributed by atoms with E-state index in [-0.39, 0.29) is 24.9 Å². The summed E-state index contributed by atoms with van der Waals surface area (Å²) in [4.78, 5) is 25.9. The Labute approximate surface area is 339 Å². The molecule has 3 unspecified atom stereocenters. The highest BCUT2D eigenvalue weighted by Gasteiger charge is 2.24.